The van der Waals surface area contributed by atoms with Gasteiger partial charge in [0.25, 0.3) is 11.8 Å². The average molecular weight is 1880 g/mol. The number of nitrogens with two attached hydrogens (primary N) is 2. The number of aromatic carboxylic acids is 1. The highest BCUT2D eigenvalue weighted by Gasteiger charge is 2.31. The Labute approximate surface area is 757 Å². The highest BCUT2D eigenvalue weighted by atomic mass is 35.5. The van der Waals surface area contributed by atoms with E-state index in [4.69, 9.17) is 78.9 Å². The average Bonchev–Trinajstić information content (AvgIpc) is 1.63. The molecule has 14 aromatic heterocycles. The van der Waals surface area contributed by atoms with Crippen LogP contribution in [-0.4, -0.2) is 233 Å². The molecule has 0 spiro atoms. The molecule has 19 heterocycles. The van der Waals surface area contributed by atoms with Crippen LogP contribution in [0.25, 0.3) is 73.5 Å². The number of anilines is 9. The van der Waals surface area contributed by atoms with E-state index < -0.39 is 5.97 Å². The summed E-state index contributed by atoms with van der Waals surface area (Å²) in [5.74, 6) is 1.84. The molecule has 14 aromatic rings. The predicted octanol–water partition coefficient (Wildman–Crippen LogP) is 11.7. The maximum Gasteiger partial charge on any atom is 0.340 e. The Kier molecular flexibility index (Phi) is 29.3. The number of fused-ring (bicyclic) bond motifs is 7. The Morgan fingerprint density at radius 3 is 1.19 bits per heavy atom. The number of aromatic nitrogens is 6. The molecule has 0 unspecified atom stereocenters. The molecule has 8 N–H and O–H groups in total. The van der Waals surface area contributed by atoms with E-state index in [2.05, 4.69) is 34.4 Å². The number of halogens is 1. The Morgan fingerprint density at radius 1 is 0.465 bits per heavy atom. The normalized spacial score (nSPS) is 16.1. The minimum absolute atomic E-state index is 0. The van der Waals surface area contributed by atoms with Gasteiger partial charge in [-0.05, 0) is 49.4 Å². The number of aliphatic imine (C=N–C) groups is 1. The summed E-state index contributed by atoms with van der Waals surface area (Å²) in [5, 5.41) is 22.6. The number of carbonyl (C=O) groups is 3. The second kappa shape index (κ2) is 41.2. The van der Waals surface area contributed by atoms with Gasteiger partial charge in [0, 0.05) is 186 Å². The van der Waals surface area contributed by atoms with Crippen LogP contribution in [0.4, 0.5) is 58.1 Å². The quantitative estimate of drug-likeness (QED) is 0.0473. The van der Waals surface area contributed by atoms with Crippen molar-refractivity contribution in [3.63, 3.8) is 0 Å². The third-order valence-corrected chi connectivity index (χ3v) is 27.3. The summed E-state index contributed by atoms with van der Waals surface area (Å²) in [4.78, 5) is 142. The molecular formula is C85H92ClN17O21S5. The maximum atomic E-state index is 13.0. The van der Waals surface area contributed by atoms with Crippen molar-refractivity contribution in [3.05, 3.63) is 155 Å². The Hall–Kier alpha value is -12.0. The maximum absolute atomic E-state index is 13.0. The van der Waals surface area contributed by atoms with Gasteiger partial charge in [-0.25, -0.2) is 19.6 Å². The van der Waals surface area contributed by atoms with E-state index in [-0.39, 0.29) is 66.9 Å². The Balaban J connectivity index is 0.000000122. The lowest BCUT2D eigenvalue weighted by molar-refractivity contribution is 0.0696. The van der Waals surface area contributed by atoms with E-state index in [0.29, 0.717) is 227 Å². The van der Waals surface area contributed by atoms with E-state index in [1.165, 1.54) is 93.9 Å². The lowest BCUT2D eigenvalue weighted by Crippen LogP contribution is -2.36. The first kappa shape index (κ1) is 91.8. The van der Waals surface area contributed by atoms with Gasteiger partial charge in [-0.1, -0.05) is 25.7 Å². The molecule has 2 saturated carbocycles. The third-order valence-electron chi connectivity index (χ3n) is 22.2. The van der Waals surface area contributed by atoms with Crippen LogP contribution in [0, 0.1) is 0 Å². The smallest absolute Gasteiger partial charge is 0.340 e. The van der Waals surface area contributed by atoms with Crippen LogP contribution in [-0.2, 0) is 28.5 Å². The van der Waals surface area contributed by atoms with Crippen LogP contribution in [0.2, 0.25) is 5.28 Å². The van der Waals surface area contributed by atoms with Crippen LogP contribution < -0.4 is 68.4 Å². The molecule has 5 saturated heterocycles. The fourth-order valence-corrected chi connectivity index (χ4v) is 20.0. The molecule has 38 nitrogen and oxygen atoms in total. The molecule has 0 bridgehead atoms. The highest BCUT2D eigenvalue weighted by molar-refractivity contribution is 7.19. The zero-order valence-electron chi connectivity index (χ0n) is 70.6. The van der Waals surface area contributed by atoms with Gasteiger partial charge in [0.1, 0.15) is 57.4 Å². The van der Waals surface area contributed by atoms with E-state index in [1.807, 2.05) is 42.0 Å². The number of nitrogens with one attached hydrogen (secondary N) is 1. The molecule has 680 valence electrons. The standard InChI is InChI=1S/C25H28N6O4S.C14H17ClN4O.C12H10N2O4S.C12H11NO5S.2C11H12N2O3S.H2O/c1-29(2)24(33)18-11-15-13-26-25(28-23(15)31(18)16-5-3-4-6-16)27-17-14-36-22-19(32)12-20(35-21(17)22)30-7-9-34-10-8-30;1-18(2)13(20)11-7-9-8-16-14(15)17-12(9)19(11)10-5-3-4-6-10;15-7-13-8-6-19-12-9(16)5-10(18-11(8)12)14-1-3-17-4-2-14;14-8-5-9(13-1-3-17-4-2-13)18-10-7(12(15)16)6-19-11(8)10;2*12-7-6-17-11-8(14)5-9(16-10(7)11)13-1-3-15-4-2-13;/h11-14,16H,3-10H2,1-2H3,(H,26,27,28);7-8,10H,3-6H2,1-2H3;5-6H,1-4H2;5-6H,1-4H2,(H,15,16);2*5-6H,1-4,12H2;1H2. The van der Waals surface area contributed by atoms with Crippen molar-refractivity contribution in [1.29, 1.82) is 0 Å². The first-order valence-corrected chi connectivity index (χ1v) is 46.2. The van der Waals surface area contributed by atoms with E-state index in [0.717, 1.165) is 98.1 Å². The molecular weight excluding hydrogens is 1790 g/mol. The first-order chi connectivity index (χ1) is 62.0. The second-order valence-corrected chi connectivity index (χ2v) is 35.7. The number of rotatable bonds is 13. The minimum Gasteiger partial charge on any atom is -0.478 e. The summed E-state index contributed by atoms with van der Waals surface area (Å²) in [7, 11) is 7.05. The summed E-state index contributed by atoms with van der Waals surface area (Å²) >= 11 is 12.2. The van der Waals surface area contributed by atoms with Crippen molar-refractivity contribution in [2.45, 2.75) is 63.5 Å². The minimum atomic E-state index is -1.09. The monoisotopic (exact) mass is 1880 g/mol. The zero-order valence-corrected chi connectivity index (χ0v) is 75.4. The van der Waals surface area contributed by atoms with E-state index in [1.54, 1.807) is 72.6 Å². The van der Waals surface area contributed by atoms with Crippen LogP contribution in [0.1, 0.15) is 94.8 Å². The summed E-state index contributed by atoms with van der Waals surface area (Å²) in [6, 6.07) is 11.8. The van der Waals surface area contributed by atoms with E-state index in [9.17, 15) is 43.2 Å². The van der Waals surface area contributed by atoms with Crippen LogP contribution in [0.3, 0.4) is 0 Å². The molecule has 2 amide bonds. The second-order valence-electron chi connectivity index (χ2n) is 30.9. The van der Waals surface area contributed by atoms with Crippen LogP contribution >= 0.6 is 68.3 Å². The molecule has 2 aliphatic carbocycles. The molecule has 21 rings (SSSR count). The van der Waals surface area contributed by atoms with Crippen molar-refractivity contribution in [2.24, 2.45) is 4.99 Å². The molecule has 0 aromatic carbocycles. The molecule has 0 atom stereocenters. The number of amides is 2. The molecule has 0 radical (unpaired) electrons. The summed E-state index contributed by atoms with van der Waals surface area (Å²) in [5.41, 5.74) is 18.0. The Morgan fingerprint density at radius 2 is 0.798 bits per heavy atom. The Bertz CT molecular complexity index is 6560. The number of carboxylic acids is 1. The largest absolute Gasteiger partial charge is 0.478 e. The number of carboxylic acid groups (broad SMARTS) is 1. The van der Waals surface area contributed by atoms with Gasteiger partial charge in [-0.15, -0.1) is 56.7 Å². The van der Waals surface area contributed by atoms with Crippen LogP contribution in [0.15, 0.2) is 133 Å². The van der Waals surface area contributed by atoms with Gasteiger partial charge < -0.3 is 117 Å². The number of hydrogen-bond donors (Lipinski definition) is 4. The third kappa shape index (κ3) is 20.4. The van der Waals surface area contributed by atoms with Gasteiger partial charge in [0.15, 0.2) is 57.3 Å². The lowest BCUT2D eigenvalue weighted by atomic mass is 10.2. The molecule has 7 fully saturated rings. The van der Waals surface area contributed by atoms with Crippen molar-refractivity contribution in [3.8, 4) is 0 Å². The predicted molar refractivity (Wildman–Crippen MR) is 499 cm³/mol. The van der Waals surface area contributed by atoms with Gasteiger partial charge >= 0.3 is 5.97 Å². The number of hydrogen-bond acceptors (Lipinski definition) is 37. The number of ether oxygens (including phenoxy) is 5. The van der Waals surface area contributed by atoms with Gasteiger partial charge in [-0.2, -0.15) is 15.0 Å². The van der Waals surface area contributed by atoms with Crippen molar-refractivity contribution >= 4 is 224 Å². The summed E-state index contributed by atoms with van der Waals surface area (Å²) < 4.78 is 62.0. The fourth-order valence-electron chi connectivity index (χ4n) is 15.8. The topological polar surface area (TPSA) is 478 Å². The molecule has 44 heteroatoms. The number of thiophene rings is 5. The summed E-state index contributed by atoms with van der Waals surface area (Å²) in [6.07, 6.45) is 13.8. The SMILES string of the molecule is CN(C)C(=O)c1cc2cnc(Cl)nc2n1C1CCCC1.CN(C)C(=O)c1cc2cnc(Nc3csc4c(=O)cc(N5CCOCC5)oc34)nc2n1C1CCCC1.Nc1csc2c(=O)cc(N3CCOCC3)oc12.Nc1csc2c(=O)cc(N3CCOCC3)oc12.O.O=C(O)c1csc2c(=O)cc(N3CCOCC3)oc12.O=C=Nc1csc2c(=O)cc(N3CCOCC3)oc12. The van der Waals surface area contributed by atoms with E-state index >= 15 is 0 Å². The number of carbonyl (C=O) groups excluding carboxylic acids is 3. The van der Waals surface area contributed by atoms with Gasteiger partial charge in [0.2, 0.25) is 44.5 Å². The lowest BCUT2D eigenvalue weighted by Gasteiger charge is -2.27. The van der Waals surface area contributed by atoms with Gasteiger partial charge in [0.05, 0.1) is 83.1 Å². The molecule has 5 aliphatic heterocycles. The van der Waals surface area contributed by atoms with Crippen LogP contribution in [0.5, 0.6) is 0 Å². The number of nitrogens with zero attached hydrogens (tertiary/aromatic N) is 14. The number of isocyanates is 1. The fraction of sp³-hybridized carbons (Fsp3) is 0.400. The van der Waals surface area contributed by atoms with Gasteiger partial charge in [-0.3, -0.25) is 33.6 Å². The van der Waals surface area contributed by atoms with Crippen molar-refractivity contribution in [2.75, 3.05) is 201 Å². The first-order valence-electron chi connectivity index (χ1n) is 41.4. The van der Waals surface area contributed by atoms with Crippen molar-refractivity contribution in [1.82, 2.24) is 38.9 Å². The zero-order chi connectivity index (χ0) is 89.4. The number of nitrogen functional groups attached to an aromatic ring is 2. The molecule has 7 aliphatic rings. The number of morpholine rings is 5. The molecule has 129 heavy (non-hydrogen) atoms. The highest BCUT2D eigenvalue weighted by Crippen LogP contribution is 2.40. The van der Waals surface area contributed by atoms with Crippen molar-refractivity contribution < 1.29 is 75.5 Å². The summed E-state index contributed by atoms with van der Waals surface area (Å²) in [6.45, 7) is 13.0.